The van der Waals surface area contributed by atoms with Gasteiger partial charge in [-0.25, -0.2) is 0 Å². The van der Waals surface area contributed by atoms with Gasteiger partial charge in [0.15, 0.2) is 0 Å². The minimum atomic E-state index is 0. The van der Waals surface area contributed by atoms with Crippen LogP contribution in [0, 0.1) is 0 Å². The second-order valence-electron chi connectivity index (χ2n) is 0. The minimum absolute atomic E-state index is 0. The fourth-order valence-corrected chi connectivity index (χ4v) is 0. The molecule has 33 valence electrons. The summed E-state index contributed by atoms with van der Waals surface area (Å²) < 4.78 is 0. The first-order valence-electron chi connectivity index (χ1n) is 0. The minimum Gasteiger partial charge on any atom is -1.00 e. The smallest absolute Gasteiger partial charge is 1.00 e. The van der Waals surface area contributed by atoms with E-state index in [9.17, 15) is 0 Å². The van der Waals surface area contributed by atoms with Crippen LogP contribution < -0.4 is 51.4 Å². The van der Waals surface area contributed by atoms with Crippen LogP contribution in [0.1, 0.15) is 4.28 Å². The zero-order valence-electron chi connectivity index (χ0n) is 6.83. The largest absolute Gasteiger partial charge is 2.00 e. The summed E-state index contributed by atoms with van der Waals surface area (Å²) in [5.41, 5.74) is 0. The van der Waals surface area contributed by atoms with E-state index in [1.807, 2.05) is 0 Å². The molecule has 0 heterocycles. The molecule has 0 rings (SSSR count). The van der Waals surface area contributed by atoms with E-state index < -0.39 is 0 Å². The molecule has 0 aliphatic carbocycles. The number of rotatable bonds is 0. The van der Waals surface area contributed by atoms with Crippen molar-refractivity contribution in [2.24, 2.45) is 0 Å². The average molecular weight is 325 g/mol. The van der Waals surface area contributed by atoms with Crippen molar-refractivity contribution in [3.05, 3.63) is 0 Å². The van der Waals surface area contributed by atoms with E-state index >= 15 is 0 Å². The summed E-state index contributed by atoms with van der Waals surface area (Å²) in [5.74, 6) is 0. The Morgan fingerprint density at radius 3 is 1.17 bits per heavy atom. The summed E-state index contributed by atoms with van der Waals surface area (Å²) in [6, 6.07) is 0. The van der Waals surface area contributed by atoms with E-state index in [0.29, 0.717) is 0 Å². The van der Waals surface area contributed by atoms with Crippen molar-refractivity contribution < 1.29 is 113 Å². The summed E-state index contributed by atoms with van der Waals surface area (Å²) in [6.07, 6.45) is 0. The predicted octanol–water partition coefficient (Wildman–Crippen LogP) is -2.99. The van der Waals surface area contributed by atoms with Gasteiger partial charge in [0.1, 0.15) is 0 Å². The van der Waals surface area contributed by atoms with E-state index in [1.165, 1.54) is 0 Å². The van der Waals surface area contributed by atoms with Gasteiger partial charge in [-0.05, 0) is 0 Å². The van der Waals surface area contributed by atoms with Crippen LogP contribution in [0.5, 0.6) is 0 Å². The maximum Gasteiger partial charge on any atom is 2.00 e. The molecule has 0 amide bonds. The Labute approximate surface area is 143 Å². The molecule has 0 aromatic rings. The molecular formula is H6CuKMgMoPZn. The molecule has 0 N–H and O–H groups in total. The van der Waals surface area contributed by atoms with Gasteiger partial charge in [0.25, 0.3) is 0 Å². The maximum atomic E-state index is 0. The monoisotopic (exact) mass is 325 g/mol. The van der Waals surface area contributed by atoms with Gasteiger partial charge in [-0.2, -0.15) is 9.90 Å². The number of hydrogen-bond donors (Lipinski definition) is 0. The van der Waals surface area contributed by atoms with Crippen LogP contribution in [-0.2, 0) is 57.6 Å². The van der Waals surface area contributed by atoms with Crippen LogP contribution in [0.4, 0.5) is 0 Å². The first-order chi connectivity index (χ1) is 0. The molecule has 0 aromatic heterocycles. The predicted molar refractivity (Wildman–Crippen MR) is 20.2 cm³/mol. The molecule has 0 spiro atoms. The Morgan fingerprint density at radius 2 is 1.17 bits per heavy atom. The second kappa shape index (κ2) is 33.3. The van der Waals surface area contributed by atoms with Crippen LogP contribution in [-0.4, -0.2) is 23.1 Å². The van der Waals surface area contributed by atoms with E-state index in [0.717, 1.165) is 0 Å². The van der Waals surface area contributed by atoms with Crippen LogP contribution in [0.25, 0.3) is 0 Å². The third-order valence-electron chi connectivity index (χ3n) is 0. The summed E-state index contributed by atoms with van der Waals surface area (Å²) in [4.78, 5) is 0. The second-order valence-corrected chi connectivity index (χ2v) is 0. The van der Waals surface area contributed by atoms with Crippen molar-refractivity contribution in [1.82, 2.24) is 0 Å². The van der Waals surface area contributed by atoms with Gasteiger partial charge < -0.3 is 4.28 Å². The third-order valence-corrected chi connectivity index (χ3v) is 0. The number of hydrogen-bond acceptors (Lipinski definition) is 0. The van der Waals surface area contributed by atoms with Crippen molar-refractivity contribution >= 4 is 33.0 Å². The van der Waals surface area contributed by atoms with Crippen molar-refractivity contribution in [2.75, 3.05) is 0 Å². The molecule has 0 nitrogen and oxygen atoms in total. The summed E-state index contributed by atoms with van der Waals surface area (Å²) >= 11 is 0. The summed E-state index contributed by atoms with van der Waals surface area (Å²) in [7, 11) is 0. The van der Waals surface area contributed by atoms with E-state index in [1.54, 1.807) is 0 Å². The SMILES string of the molecule is P.[Cu].[H-].[H-].[H-].[K+].[Mg+2].[Mo].[Zn]. The van der Waals surface area contributed by atoms with Crippen molar-refractivity contribution in [3.8, 4) is 0 Å². The standard InChI is InChI=1S/Cu.K.Mg.Mo.H3P.Zn.3H/h;;;;1H3;;;;/q;+1;+2;;;;3*-1. The average Bonchev–Trinajstić information content (AvgIpc) is 0. The van der Waals surface area contributed by atoms with Gasteiger partial charge in [0, 0.05) is 57.6 Å². The van der Waals surface area contributed by atoms with E-state index in [-0.39, 0.29) is 146 Å². The van der Waals surface area contributed by atoms with E-state index in [2.05, 4.69) is 0 Å². The molecule has 1 atom stereocenters. The fraction of sp³-hybridized carbons (Fsp3) is 0. The van der Waals surface area contributed by atoms with Crippen LogP contribution >= 0.6 is 9.90 Å². The molecule has 0 bridgehead atoms. The van der Waals surface area contributed by atoms with E-state index in [4.69, 9.17) is 0 Å². The molecule has 0 saturated carbocycles. The zero-order chi connectivity index (χ0) is 0. The fourth-order valence-electron chi connectivity index (χ4n) is 0. The normalized spacial score (nSPS) is 0. The van der Waals surface area contributed by atoms with Gasteiger partial charge in [-0.15, -0.1) is 0 Å². The van der Waals surface area contributed by atoms with Gasteiger partial charge in [-0.3, -0.25) is 0 Å². The quantitative estimate of drug-likeness (QED) is 0.329. The molecule has 6 heavy (non-hydrogen) atoms. The molecule has 1 radical (unpaired) electrons. The molecule has 0 aromatic carbocycles. The zero-order valence-corrected chi connectivity index (χ0v) is 15.7. The first kappa shape index (κ1) is 45.8. The van der Waals surface area contributed by atoms with Gasteiger partial charge in [-0.1, -0.05) is 0 Å². The van der Waals surface area contributed by atoms with Crippen LogP contribution in [0.3, 0.4) is 0 Å². The maximum absolute atomic E-state index is 0. The molecule has 0 saturated heterocycles. The Kier molecular flexibility index (Phi) is 254. The summed E-state index contributed by atoms with van der Waals surface area (Å²) in [6.45, 7) is 0. The van der Waals surface area contributed by atoms with Gasteiger partial charge in [0.05, 0.1) is 0 Å². The molecule has 6 heteroatoms. The molecule has 0 fully saturated rings. The molecular weight excluding hydrogens is 319 g/mol. The Bertz CT molecular complexity index is 23.8. The molecule has 1 unspecified atom stereocenters. The Balaban J connectivity index is 0. The molecule has 0 aliphatic heterocycles. The topological polar surface area (TPSA) is 0 Å². The molecule has 0 aliphatic rings. The van der Waals surface area contributed by atoms with Crippen molar-refractivity contribution in [3.63, 3.8) is 0 Å². The third kappa shape index (κ3) is 23.4. The Morgan fingerprint density at radius 1 is 1.17 bits per heavy atom. The van der Waals surface area contributed by atoms with Crippen molar-refractivity contribution in [2.45, 2.75) is 0 Å². The van der Waals surface area contributed by atoms with Gasteiger partial charge in [0.2, 0.25) is 0 Å². The summed E-state index contributed by atoms with van der Waals surface area (Å²) in [5, 5.41) is 0. The van der Waals surface area contributed by atoms with Crippen LogP contribution in [0.2, 0.25) is 0 Å². The van der Waals surface area contributed by atoms with Crippen molar-refractivity contribution in [1.29, 1.82) is 0 Å². The Hall–Kier alpha value is 4.66. The first-order valence-corrected chi connectivity index (χ1v) is 0. The van der Waals surface area contributed by atoms with Gasteiger partial charge >= 0.3 is 74.4 Å². The van der Waals surface area contributed by atoms with Crippen LogP contribution in [0.15, 0.2) is 0 Å².